The first-order valence-electron chi connectivity index (χ1n) is 21.1. The molecule has 6 heterocycles. The molecule has 2 N–H and O–H groups in total. The van der Waals surface area contributed by atoms with E-state index in [0.717, 1.165) is 61.6 Å². The van der Waals surface area contributed by atoms with Gasteiger partial charge in [-0.2, -0.15) is 17.8 Å². The van der Waals surface area contributed by atoms with Crippen molar-refractivity contribution in [3.05, 3.63) is 108 Å². The lowest BCUT2D eigenvalue weighted by molar-refractivity contribution is -0.134. The first-order chi connectivity index (χ1) is 29.9. The summed E-state index contributed by atoms with van der Waals surface area (Å²) in [4.78, 5) is 34.7. The molecule has 2 aromatic heterocycles. The zero-order chi connectivity index (χ0) is 43.0. The smallest absolute Gasteiger partial charge is 0.301 e. The second-order valence-corrected chi connectivity index (χ2v) is 18.7. The van der Waals surface area contributed by atoms with Crippen LogP contribution in [0.25, 0.3) is 28.1 Å². The lowest BCUT2D eigenvalue weighted by atomic mass is 9.89. The van der Waals surface area contributed by atoms with Crippen LogP contribution in [0.15, 0.2) is 91.4 Å². The van der Waals surface area contributed by atoms with Gasteiger partial charge in [0.25, 0.3) is 0 Å². The summed E-state index contributed by atoms with van der Waals surface area (Å²) in [7, 11) is -3.98. The number of amides is 2. The molecule has 4 aliphatic heterocycles. The molecule has 0 bridgehead atoms. The molecule has 1 atom stereocenters. The lowest BCUT2D eigenvalue weighted by Gasteiger charge is -2.43. The van der Waals surface area contributed by atoms with E-state index < -0.39 is 21.7 Å². The minimum atomic E-state index is -3.98. The number of benzene rings is 3. The molecular formula is C45H48ClF2N9O4S. The number of carbonyl (C=O) groups is 2. The van der Waals surface area contributed by atoms with Crippen molar-refractivity contribution in [2.45, 2.75) is 50.1 Å². The number of imide groups is 1. The van der Waals surface area contributed by atoms with E-state index in [2.05, 4.69) is 29.7 Å². The highest BCUT2D eigenvalue weighted by molar-refractivity contribution is 7.90. The summed E-state index contributed by atoms with van der Waals surface area (Å²) in [6, 6.07) is 22.1. The third kappa shape index (κ3) is 8.91. The van der Waals surface area contributed by atoms with E-state index in [4.69, 9.17) is 16.7 Å². The number of nitrogens with one attached hydrogen (secondary N) is 2. The lowest BCUT2D eigenvalue weighted by Crippen LogP contribution is -2.53. The minimum Gasteiger partial charge on any atom is -0.371 e. The van der Waals surface area contributed by atoms with Crippen LogP contribution in [-0.4, -0.2) is 109 Å². The fraction of sp³-hybridized carbons (Fsp3) is 0.378. The third-order valence-electron chi connectivity index (χ3n) is 12.6. The van der Waals surface area contributed by atoms with E-state index in [0.29, 0.717) is 75.2 Å². The summed E-state index contributed by atoms with van der Waals surface area (Å²) in [5, 5.41) is 7.47. The molecule has 0 aliphatic carbocycles. The van der Waals surface area contributed by atoms with E-state index in [1.165, 1.54) is 16.4 Å². The fourth-order valence-corrected chi connectivity index (χ4v) is 10.6. The molecular weight excluding hydrogens is 836 g/mol. The highest BCUT2D eigenvalue weighted by Gasteiger charge is 2.37. The molecule has 4 saturated heterocycles. The van der Waals surface area contributed by atoms with E-state index in [9.17, 15) is 18.0 Å². The maximum atomic E-state index is 16.4. The van der Waals surface area contributed by atoms with Gasteiger partial charge in [0, 0.05) is 130 Å². The Bertz CT molecular complexity index is 2540. The first kappa shape index (κ1) is 41.9. The van der Waals surface area contributed by atoms with Crippen LogP contribution in [0, 0.1) is 5.82 Å². The monoisotopic (exact) mass is 883 g/mol. The predicted octanol–water partition coefficient (Wildman–Crippen LogP) is 6.80. The predicted molar refractivity (Wildman–Crippen MR) is 236 cm³/mol. The molecule has 3 aromatic carbocycles. The number of halogens is 3. The standard InChI is InChI=1S/C45H48ClF2N9O4S/c46-33-27-38(42(47)40(28-33)52-62(60,61)56-19-1-2-20-56)39-29-57(51-43(39)32-13-17-49-18-14-32)36-9-7-35(8-10-36)55-25-23-53(24-26-55)30-45(48)15-21-54(22-16-45)34-5-3-31(4-6-34)37-11-12-41(58)50-44(37)59/h3-10,13-14,17-18,27-29,37,52H,1-2,11-12,15-16,19-26,30H2,(H,50,58,59)/t37-/m1/s1. The van der Waals surface area contributed by atoms with Gasteiger partial charge in [-0.05, 0) is 85.5 Å². The molecule has 324 valence electrons. The molecule has 0 saturated carbocycles. The molecule has 9 rings (SSSR count). The van der Waals surface area contributed by atoms with Crippen LogP contribution in [0.3, 0.4) is 0 Å². The third-order valence-corrected chi connectivity index (χ3v) is 14.3. The molecule has 0 radical (unpaired) electrons. The summed E-state index contributed by atoms with van der Waals surface area (Å²) in [5.74, 6) is -1.56. The number of piperazine rings is 1. The van der Waals surface area contributed by atoms with Gasteiger partial charge in [0.05, 0.1) is 17.3 Å². The number of pyridine rings is 1. The number of piperidine rings is 2. The maximum Gasteiger partial charge on any atom is 0.301 e. The van der Waals surface area contributed by atoms with Gasteiger partial charge >= 0.3 is 10.2 Å². The van der Waals surface area contributed by atoms with E-state index in [1.54, 1.807) is 35.4 Å². The Labute approximate surface area is 364 Å². The minimum absolute atomic E-state index is 0.100. The Hall–Kier alpha value is -5.42. The van der Waals surface area contributed by atoms with Gasteiger partial charge in [0.2, 0.25) is 11.8 Å². The van der Waals surface area contributed by atoms with Crippen LogP contribution in [-0.2, 0) is 19.8 Å². The van der Waals surface area contributed by atoms with Crippen molar-refractivity contribution in [1.82, 2.24) is 29.3 Å². The first-order valence-corrected chi connectivity index (χ1v) is 23.0. The van der Waals surface area contributed by atoms with Crippen molar-refractivity contribution in [3.63, 3.8) is 0 Å². The van der Waals surface area contributed by atoms with Crippen LogP contribution in [0.4, 0.5) is 25.8 Å². The zero-order valence-electron chi connectivity index (χ0n) is 34.1. The van der Waals surface area contributed by atoms with Crippen molar-refractivity contribution < 1.29 is 26.8 Å². The van der Waals surface area contributed by atoms with Crippen molar-refractivity contribution in [2.24, 2.45) is 0 Å². The van der Waals surface area contributed by atoms with E-state index in [1.807, 2.05) is 48.5 Å². The van der Waals surface area contributed by atoms with Crippen LogP contribution in [0.5, 0.6) is 0 Å². The average Bonchev–Trinajstić information content (AvgIpc) is 3.99. The molecule has 62 heavy (non-hydrogen) atoms. The van der Waals surface area contributed by atoms with Gasteiger partial charge < -0.3 is 9.80 Å². The Morgan fingerprint density at radius 3 is 2.10 bits per heavy atom. The summed E-state index contributed by atoms with van der Waals surface area (Å²) in [6.07, 6.45) is 8.18. The topological polar surface area (TPSA) is 136 Å². The Kier molecular flexibility index (Phi) is 11.8. The van der Waals surface area contributed by atoms with Crippen molar-refractivity contribution in [3.8, 4) is 28.1 Å². The number of hydrogen-bond acceptors (Lipinski definition) is 9. The Morgan fingerprint density at radius 1 is 0.806 bits per heavy atom. The van der Waals surface area contributed by atoms with Crippen molar-refractivity contribution in [1.29, 1.82) is 0 Å². The summed E-state index contributed by atoms with van der Waals surface area (Å²) in [5.41, 5.74) is 3.84. The van der Waals surface area contributed by atoms with Gasteiger partial charge in [-0.15, -0.1) is 0 Å². The number of hydrogen-bond donors (Lipinski definition) is 2. The van der Waals surface area contributed by atoms with E-state index in [-0.39, 0.29) is 34.0 Å². The Balaban J connectivity index is 0.834. The normalized spacial score (nSPS) is 20.1. The largest absolute Gasteiger partial charge is 0.371 e. The van der Waals surface area contributed by atoms with Crippen LogP contribution in [0.1, 0.15) is 50.0 Å². The highest BCUT2D eigenvalue weighted by atomic mass is 35.5. The van der Waals surface area contributed by atoms with Crippen LogP contribution in [0.2, 0.25) is 5.02 Å². The maximum absolute atomic E-state index is 16.4. The van der Waals surface area contributed by atoms with Crippen molar-refractivity contribution in [2.75, 3.05) is 73.4 Å². The molecule has 5 aromatic rings. The molecule has 4 fully saturated rings. The van der Waals surface area contributed by atoms with Gasteiger partial charge in [0.15, 0.2) is 5.82 Å². The second kappa shape index (κ2) is 17.4. The van der Waals surface area contributed by atoms with Crippen molar-refractivity contribution >= 4 is 50.7 Å². The quantitative estimate of drug-likeness (QED) is 0.138. The van der Waals surface area contributed by atoms with Crippen LogP contribution < -0.4 is 19.8 Å². The van der Waals surface area contributed by atoms with Crippen LogP contribution >= 0.6 is 11.6 Å². The molecule has 13 nitrogen and oxygen atoms in total. The van der Waals surface area contributed by atoms with Gasteiger partial charge in [-0.3, -0.25) is 29.5 Å². The number of anilines is 3. The fourth-order valence-electron chi connectivity index (χ4n) is 9.05. The number of aromatic nitrogens is 3. The van der Waals surface area contributed by atoms with Gasteiger partial charge in [-0.25, -0.2) is 13.5 Å². The molecule has 0 unspecified atom stereocenters. The molecule has 0 spiro atoms. The number of rotatable bonds is 11. The number of carbonyl (C=O) groups excluding carboxylic acids is 2. The Morgan fingerprint density at radius 2 is 1.44 bits per heavy atom. The SMILES string of the molecule is O=C1CC[C@H](c2ccc(N3CCC(F)(CN4CCN(c5ccc(-n6cc(-c7cc(Cl)cc(NS(=O)(=O)N8CCCC8)c7F)c(-c7ccncc7)n6)cc5)CC4)CC3)cc2)C(=O)N1. The summed E-state index contributed by atoms with van der Waals surface area (Å²) < 4.78 is 64.2. The molecule has 2 amide bonds. The van der Waals surface area contributed by atoms with E-state index >= 15 is 8.78 Å². The van der Waals surface area contributed by atoms with Gasteiger partial charge in [0.1, 0.15) is 11.4 Å². The number of nitrogens with zero attached hydrogens (tertiary/aromatic N) is 7. The highest BCUT2D eigenvalue weighted by Crippen LogP contribution is 2.39. The molecule has 17 heteroatoms. The molecule has 4 aliphatic rings. The summed E-state index contributed by atoms with van der Waals surface area (Å²) in [6.45, 7) is 5.31. The number of alkyl halides is 1. The second-order valence-electron chi connectivity index (χ2n) is 16.6. The van der Waals surface area contributed by atoms with Gasteiger partial charge in [-0.1, -0.05) is 23.7 Å². The average molecular weight is 884 g/mol. The zero-order valence-corrected chi connectivity index (χ0v) is 35.7. The summed E-state index contributed by atoms with van der Waals surface area (Å²) >= 11 is 6.50.